The van der Waals surface area contributed by atoms with Gasteiger partial charge >= 0.3 is 0 Å². The molecule has 0 aromatic heterocycles. The number of methoxy groups -OCH3 is 2. The molecule has 1 fully saturated rings. The first-order valence-corrected chi connectivity index (χ1v) is 10.6. The van der Waals surface area contributed by atoms with Gasteiger partial charge in [-0.25, -0.2) is 8.42 Å². The van der Waals surface area contributed by atoms with Gasteiger partial charge in [-0.2, -0.15) is 9.41 Å². The van der Waals surface area contributed by atoms with E-state index in [1.807, 2.05) is 0 Å². The van der Waals surface area contributed by atoms with Crippen molar-refractivity contribution in [3.63, 3.8) is 0 Å². The Morgan fingerprint density at radius 1 is 1.10 bits per heavy atom. The van der Waals surface area contributed by atoms with Crippen LogP contribution in [-0.4, -0.2) is 51.2 Å². The van der Waals surface area contributed by atoms with E-state index in [4.69, 9.17) is 9.47 Å². The lowest BCUT2D eigenvalue weighted by atomic mass is 10.2. The van der Waals surface area contributed by atoms with Crippen molar-refractivity contribution in [2.24, 2.45) is 5.10 Å². The van der Waals surface area contributed by atoms with Crippen molar-refractivity contribution in [1.82, 2.24) is 4.31 Å². The minimum atomic E-state index is -3.75. The highest BCUT2D eigenvalue weighted by Gasteiger charge is 2.29. The van der Waals surface area contributed by atoms with E-state index < -0.39 is 14.9 Å². The van der Waals surface area contributed by atoms with Gasteiger partial charge in [0.1, 0.15) is 5.69 Å². The number of hydrogen-bond donors (Lipinski definition) is 1. The topological polar surface area (TPSA) is 123 Å². The zero-order valence-electron chi connectivity index (χ0n) is 16.6. The molecule has 30 heavy (non-hydrogen) atoms. The molecule has 0 saturated carbocycles. The number of ether oxygens (including phenoxy) is 2. The predicted molar refractivity (Wildman–Crippen MR) is 112 cm³/mol. The Morgan fingerprint density at radius 2 is 1.80 bits per heavy atom. The van der Waals surface area contributed by atoms with Crippen LogP contribution in [0.5, 0.6) is 11.5 Å². The maximum absolute atomic E-state index is 12.7. The van der Waals surface area contributed by atoms with Crippen molar-refractivity contribution in [3.8, 4) is 11.5 Å². The van der Waals surface area contributed by atoms with E-state index in [1.165, 1.54) is 36.9 Å². The second-order valence-corrected chi connectivity index (χ2v) is 8.47. The minimum Gasteiger partial charge on any atom is -0.493 e. The van der Waals surface area contributed by atoms with Crippen molar-refractivity contribution in [1.29, 1.82) is 0 Å². The molecule has 2 aromatic carbocycles. The van der Waals surface area contributed by atoms with E-state index in [9.17, 15) is 18.5 Å². The van der Waals surface area contributed by atoms with Gasteiger partial charge in [0.25, 0.3) is 5.69 Å². The van der Waals surface area contributed by atoms with Crippen molar-refractivity contribution in [2.45, 2.75) is 17.7 Å². The van der Waals surface area contributed by atoms with Crippen LogP contribution in [0.15, 0.2) is 46.4 Å². The number of nitrogens with zero attached hydrogens (tertiary/aromatic N) is 3. The monoisotopic (exact) mass is 434 g/mol. The van der Waals surface area contributed by atoms with E-state index >= 15 is 0 Å². The standard InChI is InChI=1S/C19H22N4O6S/c1-28-18-8-5-14(11-19(18)29-2)13-20-21-16-7-6-15(12-17(16)23(24)25)30(26,27)22-9-3-4-10-22/h5-8,11-13,21H,3-4,9-10H2,1-2H3. The summed E-state index contributed by atoms with van der Waals surface area (Å²) in [6, 6.07) is 8.89. The molecule has 1 heterocycles. The molecular formula is C19H22N4O6S. The van der Waals surface area contributed by atoms with Crippen LogP contribution < -0.4 is 14.9 Å². The molecule has 3 rings (SSSR count). The summed E-state index contributed by atoms with van der Waals surface area (Å²) in [6.07, 6.45) is 3.03. The highest BCUT2D eigenvalue weighted by molar-refractivity contribution is 7.89. The zero-order valence-corrected chi connectivity index (χ0v) is 17.4. The van der Waals surface area contributed by atoms with E-state index in [0.717, 1.165) is 18.9 Å². The van der Waals surface area contributed by atoms with Gasteiger partial charge in [0, 0.05) is 19.2 Å². The third kappa shape index (κ3) is 4.52. The van der Waals surface area contributed by atoms with Gasteiger partial charge in [0.15, 0.2) is 11.5 Å². The Hall–Kier alpha value is -3.18. The van der Waals surface area contributed by atoms with Crippen LogP contribution in [0.3, 0.4) is 0 Å². The van der Waals surface area contributed by atoms with E-state index in [-0.39, 0.29) is 16.3 Å². The molecule has 1 aliphatic rings. The van der Waals surface area contributed by atoms with Gasteiger partial charge in [0.2, 0.25) is 10.0 Å². The number of rotatable bonds is 8. The number of nitro benzene ring substituents is 1. The average molecular weight is 434 g/mol. The number of nitrogens with one attached hydrogen (secondary N) is 1. The summed E-state index contributed by atoms with van der Waals surface area (Å²) in [7, 11) is -0.713. The van der Waals surface area contributed by atoms with E-state index in [0.29, 0.717) is 30.2 Å². The molecule has 0 atom stereocenters. The quantitative estimate of drug-likeness (QED) is 0.385. The second-order valence-electron chi connectivity index (χ2n) is 6.53. The normalized spacial score (nSPS) is 14.7. The Labute approximate surface area is 174 Å². The molecule has 1 saturated heterocycles. The first-order chi connectivity index (χ1) is 14.4. The lowest BCUT2D eigenvalue weighted by Gasteiger charge is -2.15. The van der Waals surface area contributed by atoms with Crippen LogP contribution in [0.25, 0.3) is 0 Å². The van der Waals surface area contributed by atoms with Crippen molar-refractivity contribution in [3.05, 3.63) is 52.1 Å². The molecule has 2 aromatic rings. The van der Waals surface area contributed by atoms with Crippen molar-refractivity contribution >= 4 is 27.6 Å². The van der Waals surface area contributed by atoms with Gasteiger partial charge in [0.05, 0.1) is 30.3 Å². The molecule has 1 N–H and O–H groups in total. The Morgan fingerprint density at radius 3 is 2.43 bits per heavy atom. The molecule has 0 unspecified atom stereocenters. The smallest absolute Gasteiger partial charge is 0.295 e. The zero-order chi connectivity index (χ0) is 21.7. The summed E-state index contributed by atoms with van der Waals surface area (Å²) in [5, 5.41) is 15.5. The SMILES string of the molecule is COc1ccc(C=NNc2ccc(S(=O)(=O)N3CCCC3)cc2[N+](=O)[O-])cc1OC. The molecule has 0 spiro atoms. The number of sulfonamides is 1. The third-order valence-corrected chi connectivity index (χ3v) is 6.57. The summed E-state index contributed by atoms with van der Waals surface area (Å²) in [5.41, 5.74) is 2.99. The fraction of sp³-hybridized carbons (Fsp3) is 0.316. The highest BCUT2D eigenvalue weighted by atomic mass is 32.2. The minimum absolute atomic E-state index is 0.0806. The fourth-order valence-corrected chi connectivity index (χ4v) is 4.64. The highest BCUT2D eigenvalue weighted by Crippen LogP contribution is 2.30. The molecule has 0 amide bonds. The first-order valence-electron chi connectivity index (χ1n) is 9.16. The fourth-order valence-electron chi connectivity index (χ4n) is 3.10. The van der Waals surface area contributed by atoms with Crippen molar-refractivity contribution < 1.29 is 22.8 Å². The van der Waals surface area contributed by atoms with Crippen LogP contribution in [0.2, 0.25) is 0 Å². The average Bonchev–Trinajstić information content (AvgIpc) is 3.29. The number of nitro groups is 1. The Balaban J connectivity index is 1.82. The molecule has 1 aliphatic heterocycles. The van der Waals surface area contributed by atoms with Crippen LogP contribution >= 0.6 is 0 Å². The number of anilines is 1. The number of hydrogen-bond acceptors (Lipinski definition) is 8. The van der Waals surface area contributed by atoms with Crippen LogP contribution in [0, 0.1) is 10.1 Å². The van der Waals surface area contributed by atoms with E-state index in [1.54, 1.807) is 18.2 Å². The molecular weight excluding hydrogens is 412 g/mol. The predicted octanol–water partition coefficient (Wildman–Crippen LogP) is 2.84. The molecule has 160 valence electrons. The summed E-state index contributed by atoms with van der Waals surface area (Å²) in [6.45, 7) is 0.845. The first kappa shape index (κ1) is 21.5. The molecule has 10 nitrogen and oxygen atoms in total. The molecule has 0 aliphatic carbocycles. The number of benzene rings is 2. The van der Waals surface area contributed by atoms with Crippen LogP contribution in [0.4, 0.5) is 11.4 Å². The Bertz CT molecular complexity index is 1060. The maximum Gasteiger partial charge on any atom is 0.295 e. The molecule has 11 heteroatoms. The lowest BCUT2D eigenvalue weighted by molar-refractivity contribution is -0.384. The maximum atomic E-state index is 12.7. The van der Waals surface area contributed by atoms with Crippen molar-refractivity contribution in [2.75, 3.05) is 32.7 Å². The van der Waals surface area contributed by atoms with Crippen LogP contribution in [0.1, 0.15) is 18.4 Å². The largest absolute Gasteiger partial charge is 0.493 e. The summed E-state index contributed by atoms with van der Waals surface area (Å²) < 4.78 is 37.1. The lowest BCUT2D eigenvalue weighted by Crippen LogP contribution is -2.27. The van der Waals surface area contributed by atoms with E-state index in [2.05, 4.69) is 10.5 Å². The number of hydrazone groups is 1. The Kier molecular flexibility index (Phi) is 6.53. The molecule has 0 radical (unpaired) electrons. The van der Waals surface area contributed by atoms with Gasteiger partial charge in [-0.3, -0.25) is 15.5 Å². The van der Waals surface area contributed by atoms with Crippen LogP contribution in [-0.2, 0) is 10.0 Å². The summed E-state index contributed by atoms with van der Waals surface area (Å²) in [5.74, 6) is 1.08. The molecule has 0 bridgehead atoms. The third-order valence-electron chi connectivity index (χ3n) is 4.67. The van der Waals surface area contributed by atoms with Gasteiger partial charge in [-0.15, -0.1) is 0 Å². The van der Waals surface area contributed by atoms with Gasteiger partial charge < -0.3 is 9.47 Å². The van der Waals surface area contributed by atoms with Gasteiger partial charge in [-0.05, 0) is 48.7 Å². The van der Waals surface area contributed by atoms with Gasteiger partial charge in [-0.1, -0.05) is 0 Å². The summed E-state index contributed by atoms with van der Waals surface area (Å²) >= 11 is 0. The second kappa shape index (κ2) is 9.09. The summed E-state index contributed by atoms with van der Waals surface area (Å²) in [4.78, 5) is 10.7.